The molecule has 0 bridgehead atoms. The number of ether oxygens (including phenoxy) is 1. The van der Waals surface area contributed by atoms with E-state index in [0.717, 1.165) is 18.6 Å². The second-order valence-electron chi connectivity index (χ2n) is 6.05. The van der Waals surface area contributed by atoms with Crippen LogP contribution < -0.4 is 10.1 Å². The summed E-state index contributed by atoms with van der Waals surface area (Å²) in [5.74, 6) is 1.05. The molecule has 2 heteroatoms. The Morgan fingerprint density at radius 2 is 1.86 bits per heavy atom. The van der Waals surface area contributed by atoms with Crippen LogP contribution in [-0.2, 0) is 12.8 Å². The van der Waals surface area contributed by atoms with Crippen LogP contribution in [0.2, 0.25) is 0 Å². The van der Waals surface area contributed by atoms with Crippen LogP contribution in [0, 0.1) is 0 Å². The molecular weight excluding hydrogens is 258 g/mol. The zero-order valence-corrected chi connectivity index (χ0v) is 13.0. The first kappa shape index (κ1) is 14.2. The van der Waals surface area contributed by atoms with Crippen molar-refractivity contribution in [1.29, 1.82) is 0 Å². The van der Waals surface area contributed by atoms with E-state index in [4.69, 9.17) is 4.74 Å². The van der Waals surface area contributed by atoms with Crippen molar-refractivity contribution in [1.82, 2.24) is 5.32 Å². The van der Waals surface area contributed by atoms with Crippen molar-refractivity contribution in [2.75, 3.05) is 7.05 Å². The van der Waals surface area contributed by atoms with Gasteiger partial charge in [-0.25, -0.2) is 0 Å². The zero-order valence-electron chi connectivity index (χ0n) is 13.0. The fourth-order valence-corrected chi connectivity index (χ4v) is 2.89. The molecule has 0 aliphatic carbocycles. The summed E-state index contributed by atoms with van der Waals surface area (Å²) in [5, 5.41) is 3.28. The second-order valence-corrected chi connectivity index (χ2v) is 6.05. The maximum Gasteiger partial charge on any atom is 0.123 e. The Morgan fingerprint density at radius 1 is 1.14 bits per heavy atom. The predicted octanol–water partition coefficient (Wildman–Crippen LogP) is 3.83. The van der Waals surface area contributed by atoms with Crippen molar-refractivity contribution in [3.8, 4) is 16.9 Å². The molecule has 1 heterocycles. The minimum atomic E-state index is 0.306. The van der Waals surface area contributed by atoms with Gasteiger partial charge in [0.25, 0.3) is 0 Å². The van der Waals surface area contributed by atoms with Gasteiger partial charge in [0.15, 0.2) is 0 Å². The highest BCUT2D eigenvalue weighted by molar-refractivity contribution is 5.66. The van der Waals surface area contributed by atoms with Gasteiger partial charge >= 0.3 is 0 Å². The first-order chi connectivity index (χ1) is 10.2. The van der Waals surface area contributed by atoms with Crippen LogP contribution >= 0.6 is 0 Å². The van der Waals surface area contributed by atoms with Crippen LogP contribution in [0.5, 0.6) is 5.75 Å². The van der Waals surface area contributed by atoms with E-state index in [2.05, 4.69) is 61.6 Å². The lowest BCUT2D eigenvalue weighted by Gasteiger charge is -2.11. The normalized spacial score (nSPS) is 18.1. The van der Waals surface area contributed by atoms with Gasteiger partial charge in [-0.2, -0.15) is 0 Å². The Hall–Kier alpha value is -1.80. The average Bonchev–Trinajstić information content (AvgIpc) is 2.87. The molecule has 2 atom stereocenters. The van der Waals surface area contributed by atoms with Crippen LogP contribution in [0.25, 0.3) is 11.1 Å². The molecule has 0 aromatic heterocycles. The maximum atomic E-state index is 5.77. The molecule has 0 amide bonds. The van der Waals surface area contributed by atoms with Gasteiger partial charge in [0.1, 0.15) is 11.9 Å². The lowest BCUT2D eigenvalue weighted by molar-refractivity contribution is 0.254. The van der Waals surface area contributed by atoms with E-state index in [9.17, 15) is 0 Å². The predicted molar refractivity (Wildman–Crippen MR) is 87.9 cm³/mol. The molecule has 2 nitrogen and oxygen atoms in total. The summed E-state index contributed by atoms with van der Waals surface area (Å²) in [6.07, 6.45) is 2.38. The monoisotopic (exact) mass is 281 g/mol. The summed E-state index contributed by atoms with van der Waals surface area (Å²) in [5.41, 5.74) is 5.25. The quantitative estimate of drug-likeness (QED) is 0.919. The fourth-order valence-electron chi connectivity index (χ4n) is 2.89. The third kappa shape index (κ3) is 3.11. The summed E-state index contributed by atoms with van der Waals surface area (Å²) in [7, 11) is 2.01. The number of hydrogen-bond donors (Lipinski definition) is 1. The van der Waals surface area contributed by atoms with Crippen molar-refractivity contribution >= 4 is 0 Å². The molecule has 21 heavy (non-hydrogen) atoms. The Balaban J connectivity index is 1.80. The number of rotatable bonds is 4. The Labute approximate surface area is 127 Å². The summed E-state index contributed by atoms with van der Waals surface area (Å²) >= 11 is 0. The van der Waals surface area contributed by atoms with Crippen LogP contribution in [0.15, 0.2) is 42.5 Å². The van der Waals surface area contributed by atoms with Gasteiger partial charge in [-0.1, -0.05) is 30.3 Å². The van der Waals surface area contributed by atoms with E-state index in [1.165, 1.54) is 22.3 Å². The molecule has 0 spiro atoms. The number of likely N-dealkylation sites (N-methyl/N-ethyl adjacent to an activating group) is 1. The number of fused-ring (bicyclic) bond motifs is 1. The largest absolute Gasteiger partial charge is 0.490 e. The van der Waals surface area contributed by atoms with Crippen LogP contribution in [0.4, 0.5) is 0 Å². The lowest BCUT2D eigenvalue weighted by Crippen LogP contribution is -2.23. The van der Waals surface area contributed by atoms with Gasteiger partial charge in [0.2, 0.25) is 0 Å². The maximum absolute atomic E-state index is 5.77. The molecule has 0 fully saturated rings. The highest BCUT2D eigenvalue weighted by atomic mass is 16.5. The van der Waals surface area contributed by atoms with Crippen molar-refractivity contribution in [2.45, 2.75) is 38.8 Å². The standard InChI is InChI=1S/C19H23NO/c1-13(20-3)10-15-4-6-16(7-5-15)17-8-9-19-18(12-17)11-14(2)21-19/h4-9,12-14,20H,10-11H2,1-3H3. The van der Waals surface area contributed by atoms with Gasteiger partial charge in [0, 0.05) is 12.5 Å². The van der Waals surface area contributed by atoms with Crippen LogP contribution in [-0.4, -0.2) is 19.2 Å². The number of benzene rings is 2. The lowest BCUT2D eigenvalue weighted by atomic mass is 9.99. The summed E-state index contributed by atoms with van der Waals surface area (Å²) < 4.78 is 5.77. The minimum Gasteiger partial charge on any atom is -0.490 e. The van der Waals surface area contributed by atoms with E-state index in [-0.39, 0.29) is 0 Å². The third-order valence-electron chi connectivity index (χ3n) is 4.22. The minimum absolute atomic E-state index is 0.306. The molecular formula is C19H23NO. The molecule has 1 N–H and O–H groups in total. The molecule has 2 aromatic carbocycles. The molecule has 0 saturated carbocycles. The first-order valence-corrected chi connectivity index (χ1v) is 7.72. The van der Waals surface area contributed by atoms with Crippen LogP contribution in [0.3, 0.4) is 0 Å². The van der Waals surface area contributed by atoms with Gasteiger partial charge in [-0.05, 0) is 61.7 Å². The highest BCUT2D eigenvalue weighted by Gasteiger charge is 2.19. The Morgan fingerprint density at radius 3 is 2.57 bits per heavy atom. The SMILES string of the molecule is CNC(C)Cc1ccc(-c2ccc3c(c2)CC(C)O3)cc1. The second kappa shape index (κ2) is 5.90. The van der Waals surface area contributed by atoms with Crippen LogP contribution in [0.1, 0.15) is 25.0 Å². The molecule has 1 aliphatic rings. The molecule has 2 unspecified atom stereocenters. The van der Waals surface area contributed by atoms with E-state index in [1.807, 2.05) is 7.05 Å². The Bertz CT molecular complexity index is 618. The van der Waals surface area contributed by atoms with E-state index < -0.39 is 0 Å². The van der Waals surface area contributed by atoms with Gasteiger partial charge in [0.05, 0.1) is 0 Å². The summed E-state index contributed by atoms with van der Waals surface area (Å²) in [6, 6.07) is 15.9. The smallest absolute Gasteiger partial charge is 0.123 e. The average molecular weight is 281 g/mol. The van der Waals surface area contributed by atoms with E-state index in [1.54, 1.807) is 0 Å². The third-order valence-corrected chi connectivity index (χ3v) is 4.22. The zero-order chi connectivity index (χ0) is 14.8. The molecule has 0 radical (unpaired) electrons. The molecule has 1 aliphatic heterocycles. The molecule has 3 rings (SSSR count). The number of nitrogens with one attached hydrogen (secondary N) is 1. The van der Waals surface area contributed by atoms with Crippen molar-refractivity contribution in [2.24, 2.45) is 0 Å². The van der Waals surface area contributed by atoms with Crippen molar-refractivity contribution in [3.63, 3.8) is 0 Å². The van der Waals surface area contributed by atoms with Gasteiger partial charge < -0.3 is 10.1 Å². The fraction of sp³-hybridized carbons (Fsp3) is 0.368. The van der Waals surface area contributed by atoms with Gasteiger partial charge in [-0.15, -0.1) is 0 Å². The van der Waals surface area contributed by atoms with Gasteiger partial charge in [-0.3, -0.25) is 0 Å². The van der Waals surface area contributed by atoms with E-state index >= 15 is 0 Å². The molecule has 110 valence electrons. The van der Waals surface area contributed by atoms with E-state index in [0.29, 0.717) is 12.1 Å². The molecule has 0 saturated heterocycles. The first-order valence-electron chi connectivity index (χ1n) is 7.72. The summed E-state index contributed by atoms with van der Waals surface area (Å²) in [4.78, 5) is 0. The Kier molecular flexibility index (Phi) is 3.98. The topological polar surface area (TPSA) is 21.3 Å². The number of hydrogen-bond acceptors (Lipinski definition) is 2. The van der Waals surface area contributed by atoms with Crippen molar-refractivity contribution < 1.29 is 4.74 Å². The molecule has 2 aromatic rings. The highest BCUT2D eigenvalue weighted by Crippen LogP contribution is 2.32. The van der Waals surface area contributed by atoms with Crippen molar-refractivity contribution in [3.05, 3.63) is 53.6 Å². The summed E-state index contributed by atoms with van der Waals surface area (Å²) in [6.45, 7) is 4.33.